The van der Waals surface area contributed by atoms with Gasteiger partial charge in [-0.05, 0) is 111 Å². The molecule has 0 unspecified atom stereocenters. The van der Waals surface area contributed by atoms with Gasteiger partial charge in [-0.25, -0.2) is 0 Å². The van der Waals surface area contributed by atoms with Crippen molar-refractivity contribution in [3.63, 3.8) is 0 Å². The molecule has 0 bridgehead atoms. The third-order valence-electron chi connectivity index (χ3n) is 10.4. The second-order valence-corrected chi connectivity index (χ2v) is 13.3. The summed E-state index contributed by atoms with van der Waals surface area (Å²) in [4.78, 5) is 32.9. The quantitative estimate of drug-likeness (QED) is 0.228. The number of phenols is 1. The molecule has 0 spiro atoms. The van der Waals surface area contributed by atoms with Crippen molar-refractivity contribution in [3.8, 4) is 23.1 Å². The van der Waals surface area contributed by atoms with Gasteiger partial charge in [-0.3, -0.25) is 14.5 Å². The molecule has 0 fully saturated rings. The topological polar surface area (TPSA) is 107 Å². The van der Waals surface area contributed by atoms with Crippen LogP contribution in [0.4, 0.5) is 11.4 Å². The fourth-order valence-corrected chi connectivity index (χ4v) is 7.31. The number of amides is 2. The second-order valence-electron chi connectivity index (χ2n) is 13.3. The predicted molar refractivity (Wildman–Crippen MR) is 190 cm³/mol. The van der Waals surface area contributed by atoms with Crippen molar-refractivity contribution in [1.82, 2.24) is 19.4 Å². The normalized spacial score (nSPS) is 15.3. The van der Waals surface area contributed by atoms with Crippen molar-refractivity contribution in [1.29, 1.82) is 5.26 Å². The largest absolute Gasteiger partial charge is 0.508 e. The minimum absolute atomic E-state index is 0.0215. The molecule has 0 saturated carbocycles. The summed E-state index contributed by atoms with van der Waals surface area (Å²) < 4.78 is 3.76. The van der Waals surface area contributed by atoms with E-state index in [4.69, 9.17) is 0 Å². The molecule has 0 aliphatic carbocycles. The van der Waals surface area contributed by atoms with Gasteiger partial charge in [-0.2, -0.15) is 5.26 Å². The molecule has 2 aliphatic heterocycles. The summed E-state index contributed by atoms with van der Waals surface area (Å²) in [6.07, 6.45) is 1.65. The van der Waals surface area contributed by atoms with Crippen molar-refractivity contribution in [2.75, 3.05) is 11.4 Å². The summed E-state index contributed by atoms with van der Waals surface area (Å²) in [5.74, 6) is -0.213. The summed E-state index contributed by atoms with van der Waals surface area (Å²) in [5, 5.41) is 23.3. The van der Waals surface area contributed by atoms with Crippen LogP contribution in [0, 0.1) is 25.2 Å². The average molecular weight is 653 g/mol. The number of nitrogens with one attached hydrogen (secondary N) is 1. The van der Waals surface area contributed by atoms with Crippen LogP contribution in [0.2, 0.25) is 0 Å². The van der Waals surface area contributed by atoms with E-state index in [0.717, 1.165) is 47.6 Å². The Morgan fingerprint density at radius 1 is 0.898 bits per heavy atom. The summed E-state index contributed by atoms with van der Waals surface area (Å²) in [6.45, 7) is 8.00. The highest BCUT2D eigenvalue weighted by atomic mass is 16.3. The smallest absolute Gasteiger partial charge is 0.264 e. The lowest BCUT2D eigenvalue weighted by molar-refractivity contribution is 0.0658. The molecule has 4 heterocycles. The van der Waals surface area contributed by atoms with E-state index in [-0.39, 0.29) is 23.6 Å². The SMILES string of the molecule is Cc1c(N(C(=O)c2cc(-c3cc4c(cc3C(=O)N3Cc5ccccc5C[C@H]3C)CNCC4)n(C)c2C)c2ccc(O)cc2)cc(C#N)n1C. The van der Waals surface area contributed by atoms with Gasteiger partial charge in [0.05, 0.1) is 11.3 Å². The maximum Gasteiger partial charge on any atom is 0.264 e. The number of phenolic OH excluding ortho intramolecular Hbond substituents is 1. The third kappa shape index (κ3) is 5.48. The second kappa shape index (κ2) is 12.5. The van der Waals surface area contributed by atoms with Crippen LogP contribution < -0.4 is 10.2 Å². The average Bonchev–Trinajstić information content (AvgIpc) is 3.57. The summed E-state index contributed by atoms with van der Waals surface area (Å²) in [5.41, 5.74) is 10.5. The van der Waals surface area contributed by atoms with Crippen LogP contribution in [0.25, 0.3) is 11.3 Å². The van der Waals surface area contributed by atoms with E-state index >= 15 is 0 Å². The Hall–Kier alpha value is -5.59. The molecular formula is C40H40N6O3. The number of rotatable bonds is 5. The minimum Gasteiger partial charge on any atom is -0.508 e. The number of aromatic nitrogens is 2. The Kier molecular flexibility index (Phi) is 8.13. The lowest BCUT2D eigenvalue weighted by Gasteiger charge is -2.35. The van der Waals surface area contributed by atoms with Crippen LogP contribution in [0.15, 0.2) is 72.8 Å². The summed E-state index contributed by atoms with van der Waals surface area (Å²) in [7, 11) is 3.73. The number of nitriles is 1. The molecule has 0 saturated heterocycles. The molecule has 2 aliphatic rings. The van der Waals surface area contributed by atoms with Gasteiger partial charge in [-0.15, -0.1) is 0 Å². The van der Waals surface area contributed by atoms with E-state index in [0.29, 0.717) is 41.3 Å². The van der Waals surface area contributed by atoms with E-state index in [1.807, 2.05) is 42.5 Å². The van der Waals surface area contributed by atoms with E-state index in [1.54, 1.807) is 46.8 Å². The van der Waals surface area contributed by atoms with Crippen molar-refractivity contribution in [3.05, 3.63) is 123 Å². The molecule has 9 nitrogen and oxygen atoms in total. The first-order valence-corrected chi connectivity index (χ1v) is 16.7. The number of nitrogens with zero attached hydrogens (tertiary/aromatic N) is 5. The fourth-order valence-electron chi connectivity index (χ4n) is 7.31. The molecule has 3 aromatic carbocycles. The zero-order valence-electron chi connectivity index (χ0n) is 28.5. The van der Waals surface area contributed by atoms with Gasteiger partial charge in [0.15, 0.2) is 0 Å². The van der Waals surface area contributed by atoms with E-state index < -0.39 is 0 Å². The number of hydrogen-bond acceptors (Lipinski definition) is 5. The summed E-state index contributed by atoms with van der Waals surface area (Å²) >= 11 is 0. The molecule has 7 rings (SSSR count). The molecule has 2 N–H and O–H groups in total. The lowest BCUT2D eigenvalue weighted by atomic mass is 9.90. The minimum atomic E-state index is -0.278. The Morgan fingerprint density at radius 3 is 2.35 bits per heavy atom. The third-order valence-corrected chi connectivity index (χ3v) is 10.4. The van der Waals surface area contributed by atoms with Crippen molar-refractivity contribution < 1.29 is 14.7 Å². The van der Waals surface area contributed by atoms with Crippen LogP contribution in [0.1, 0.15) is 67.0 Å². The van der Waals surface area contributed by atoms with Crippen molar-refractivity contribution >= 4 is 23.2 Å². The molecule has 0 radical (unpaired) electrons. The number of aromatic hydroxyl groups is 1. The van der Waals surface area contributed by atoms with Gasteiger partial charge >= 0.3 is 0 Å². The van der Waals surface area contributed by atoms with Crippen LogP contribution >= 0.6 is 0 Å². The Labute approximate surface area is 286 Å². The van der Waals surface area contributed by atoms with Crippen molar-refractivity contribution in [2.24, 2.45) is 14.1 Å². The van der Waals surface area contributed by atoms with Gasteiger partial charge in [0.1, 0.15) is 17.5 Å². The summed E-state index contributed by atoms with van der Waals surface area (Å²) in [6, 6.07) is 24.8. The molecule has 1 atom stereocenters. The van der Waals surface area contributed by atoms with Gasteiger partial charge < -0.3 is 24.5 Å². The monoisotopic (exact) mass is 652 g/mol. The number of carbonyl (C=O) groups is 2. The molecule has 9 heteroatoms. The highest BCUT2D eigenvalue weighted by Crippen LogP contribution is 2.38. The zero-order chi connectivity index (χ0) is 34.6. The predicted octanol–water partition coefficient (Wildman–Crippen LogP) is 6.44. The molecule has 248 valence electrons. The van der Waals surface area contributed by atoms with Gasteiger partial charge in [-0.1, -0.05) is 24.3 Å². The first kappa shape index (κ1) is 32.0. The molecule has 2 aromatic heterocycles. The molecule has 5 aromatic rings. The lowest BCUT2D eigenvalue weighted by Crippen LogP contribution is -2.43. The maximum absolute atomic E-state index is 14.7. The maximum atomic E-state index is 14.7. The number of fused-ring (bicyclic) bond motifs is 2. The van der Waals surface area contributed by atoms with Gasteiger partial charge in [0, 0.05) is 67.1 Å². The molecular weight excluding hydrogens is 612 g/mol. The Morgan fingerprint density at radius 2 is 1.63 bits per heavy atom. The zero-order valence-corrected chi connectivity index (χ0v) is 28.5. The van der Waals surface area contributed by atoms with E-state index in [9.17, 15) is 20.0 Å². The first-order chi connectivity index (χ1) is 23.6. The van der Waals surface area contributed by atoms with Crippen molar-refractivity contribution in [2.45, 2.75) is 52.7 Å². The first-order valence-electron chi connectivity index (χ1n) is 16.7. The number of carbonyl (C=O) groups excluding carboxylic acids is 2. The van der Waals surface area contributed by atoms with Crippen LogP contribution in [0.3, 0.4) is 0 Å². The van der Waals surface area contributed by atoms with E-state index in [1.165, 1.54) is 16.7 Å². The highest BCUT2D eigenvalue weighted by Gasteiger charge is 2.32. The number of anilines is 2. The standard InChI is InChI=1S/C40H40N6O3/c1-24-16-27-8-6-7-9-29(27)23-45(24)39(48)36-18-30-22-42-15-14-28(30)17-35(36)38-20-34(25(2)44(38)5)40(49)46(31-10-12-33(47)13-11-31)37-19-32(21-41)43(4)26(37)3/h6-13,17-20,24,42,47H,14-16,22-23H2,1-5H3/t24-/m1/s1. The Bertz CT molecular complexity index is 2170. The molecule has 49 heavy (non-hydrogen) atoms. The van der Waals surface area contributed by atoms with Crippen LogP contribution in [-0.2, 0) is 40.0 Å². The van der Waals surface area contributed by atoms with E-state index in [2.05, 4.69) is 48.6 Å². The Balaban J connectivity index is 1.35. The number of benzene rings is 3. The van der Waals surface area contributed by atoms with Crippen LogP contribution in [0.5, 0.6) is 5.75 Å². The highest BCUT2D eigenvalue weighted by molar-refractivity contribution is 6.13. The van der Waals surface area contributed by atoms with Gasteiger partial charge in [0.25, 0.3) is 11.8 Å². The van der Waals surface area contributed by atoms with Gasteiger partial charge in [0.2, 0.25) is 0 Å². The fraction of sp³-hybridized carbons (Fsp3) is 0.275. The molecule has 2 amide bonds. The number of hydrogen-bond donors (Lipinski definition) is 2. The van der Waals surface area contributed by atoms with Crippen LogP contribution in [-0.4, -0.2) is 43.5 Å².